The van der Waals surface area contributed by atoms with E-state index in [1.165, 1.54) is 5.56 Å². The first-order chi connectivity index (χ1) is 13.7. The number of rotatable bonds is 8. The molecule has 5 heteroatoms. The maximum Gasteiger partial charge on any atom is 0.225 e. The molecular weight excluding hydrogens is 350 g/mol. The third kappa shape index (κ3) is 6.51. The fraction of sp³-hybridized carbons (Fsp3) is 0.348. The summed E-state index contributed by atoms with van der Waals surface area (Å²) < 4.78 is 5.13. The van der Waals surface area contributed by atoms with Crippen molar-refractivity contribution in [1.29, 1.82) is 0 Å². The average molecular weight is 380 g/mol. The highest BCUT2D eigenvalue weighted by Gasteiger charge is 2.16. The van der Waals surface area contributed by atoms with Gasteiger partial charge in [0.05, 0.1) is 7.11 Å². The molecule has 1 aliphatic heterocycles. The van der Waals surface area contributed by atoms with Gasteiger partial charge in [-0.15, -0.1) is 0 Å². The van der Waals surface area contributed by atoms with E-state index in [0.717, 1.165) is 50.7 Å². The molecule has 5 nitrogen and oxygen atoms in total. The van der Waals surface area contributed by atoms with Gasteiger partial charge in [0.15, 0.2) is 0 Å². The van der Waals surface area contributed by atoms with E-state index in [1.807, 2.05) is 30.3 Å². The van der Waals surface area contributed by atoms with Gasteiger partial charge in [-0.25, -0.2) is 0 Å². The number of carbonyl (C=O) groups excluding carboxylic acids is 1. The van der Waals surface area contributed by atoms with Gasteiger partial charge in [-0.1, -0.05) is 42.5 Å². The van der Waals surface area contributed by atoms with E-state index in [4.69, 9.17) is 4.74 Å². The molecule has 28 heavy (non-hydrogen) atoms. The minimum atomic E-state index is 0.0541. The fourth-order valence-electron chi connectivity index (χ4n) is 3.25. The largest absolute Gasteiger partial charge is 0.497 e. The van der Waals surface area contributed by atoms with Gasteiger partial charge >= 0.3 is 0 Å². The molecule has 148 valence electrons. The highest BCUT2D eigenvalue weighted by molar-refractivity contribution is 5.90. The predicted octanol–water partition coefficient (Wildman–Crippen LogP) is 3.35. The van der Waals surface area contributed by atoms with Crippen molar-refractivity contribution in [2.75, 3.05) is 51.7 Å². The Kier molecular flexibility index (Phi) is 7.64. The van der Waals surface area contributed by atoms with Crippen LogP contribution < -0.4 is 10.1 Å². The zero-order valence-corrected chi connectivity index (χ0v) is 16.5. The lowest BCUT2D eigenvalue weighted by Crippen LogP contribution is -2.46. The minimum absolute atomic E-state index is 0.0541. The van der Waals surface area contributed by atoms with E-state index >= 15 is 0 Å². The smallest absolute Gasteiger partial charge is 0.225 e. The molecule has 1 saturated heterocycles. The van der Waals surface area contributed by atoms with E-state index in [9.17, 15) is 4.79 Å². The lowest BCUT2D eigenvalue weighted by molar-refractivity contribution is -0.116. The Labute approximate surface area is 167 Å². The fourth-order valence-corrected chi connectivity index (χ4v) is 3.25. The molecule has 0 radical (unpaired) electrons. The SMILES string of the molecule is COc1ccc(NC(=O)CCN2CCN(C/C=C\c3ccccc3)CC2)cc1. The van der Waals surface area contributed by atoms with Crippen molar-refractivity contribution in [3.63, 3.8) is 0 Å². The normalized spacial score (nSPS) is 15.6. The maximum absolute atomic E-state index is 12.2. The summed E-state index contributed by atoms with van der Waals surface area (Å²) in [5.41, 5.74) is 2.05. The van der Waals surface area contributed by atoms with Gasteiger partial charge in [-0.2, -0.15) is 0 Å². The van der Waals surface area contributed by atoms with E-state index in [-0.39, 0.29) is 5.91 Å². The summed E-state index contributed by atoms with van der Waals surface area (Å²) in [5.74, 6) is 0.841. The lowest BCUT2D eigenvalue weighted by Gasteiger charge is -2.34. The summed E-state index contributed by atoms with van der Waals surface area (Å²) >= 11 is 0. The summed E-state index contributed by atoms with van der Waals surface area (Å²) in [4.78, 5) is 17.0. The molecule has 0 aromatic heterocycles. The van der Waals surface area contributed by atoms with Crippen molar-refractivity contribution < 1.29 is 9.53 Å². The van der Waals surface area contributed by atoms with Gasteiger partial charge in [0.1, 0.15) is 5.75 Å². The molecule has 3 rings (SSSR count). The number of methoxy groups -OCH3 is 1. The predicted molar refractivity (Wildman–Crippen MR) is 115 cm³/mol. The monoisotopic (exact) mass is 379 g/mol. The number of benzene rings is 2. The van der Waals surface area contributed by atoms with Crippen LogP contribution in [0.4, 0.5) is 5.69 Å². The van der Waals surface area contributed by atoms with Gasteiger partial charge in [-0.05, 0) is 29.8 Å². The highest BCUT2D eigenvalue weighted by Crippen LogP contribution is 2.15. The Morgan fingerprint density at radius 1 is 1.00 bits per heavy atom. The van der Waals surface area contributed by atoms with Crippen molar-refractivity contribution in [3.8, 4) is 5.75 Å². The number of nitrogens with one attached hydrogen (secondary N) is 1. The molecule has 1 N–H and O–H groups in total. The zero-order chi connectivity index (χ0) is 19.6. The van der Waals surface area contributed by atoms with Crippen molar-refractivity contribution in [2.45, 2.75) is 6.42 Å². The van der Waals surface area contributed by atoms with Crippen LogP contribution in [0.25, 0.3) is 6.08 Å². The van der Waals surface area contributed by atoms with Crippen molar-refractivity contribution in [3.05, 3.63) is 66.2 Å². The summed E-state index contributed by atoms with van der Waals surface area (Å²) in [7, 11) is 1.63. The molecule has 2 aromatic carbocycles. The first-order valence-corrected chi connectivity index (χ1v) is 9.83. The Morgan fingerprint density at radius 3 is 2.36 bits per heavy atom. The zero-order valence-electron chi connectivity index (χ0n) is 16.5. The molecule has 2 aromatic rings. The van der Waals surface area contributed by atoms with Gasteiger partial charge < -0.3 is 15.0 Å². The van der Waals surface area contributed by atoms with Crippen molar-refractivity contribution >= 4 is 17.7 Å². The molecule has 0 atom stereocenters. The Balaban J connectivity index is 1.32. The maximum atomic E-state index is 12.2. The van der Waals surface area contributed by atoms with Gasteiger partial charge in [0.25, 0.3) is 0 Å². The molecule has 0 unspecified atom stereocenters. The van der Waals surface area contributed by atoms with E-state index in [0.29, 0.717) is 6.42 Å². The molecule has 1 fully saturated rings. The molecule has 0 aliphatic carbocycles. The number of hydrogen-bond donors (Lipinski definition) is 1. The molecule has 1 heterocycles. The van der Waals surface area contributed by atoms with Gasteiger partial charge in [0.2, 0.25) is 5.91 Å². The number of amides is 1. The molecular formula is C23H29N3O2. The summed E-state index contributed by atoms with van der Waals surface area (Å²) in [6.45, 7) is 5.87. The number of anilines is 1. The second kappa shape index (κ2) is 10.6. The number of piperazine rings is 1. The van der Waals surface area contributed by atoms with Crippen LogP contribution in [0.3, 0.4) is 0 Å². The lowest BCUT2D eigenvalue weighted by atomic mass is 10.2. The first kappa shape index (κ1) is 20.1. The van der Waals surface area contributed by atoms with E-state index in [2.05, 4.69) is 51.5 Å². The van der Waals surface area contributed by atoms with Crippen LogP contribution in [-0.4, -0.2) is 62.1 Å². The summed E-state index contributed by atoms with van der Waals surface area (Å²) in [6, 6.07) is 17.8. The van der Waals surface area contributed by atoms with Gasteiger partial charge in [-0.3, -0.25) is 9.69 Å². The van der Waals surface area contributed by atoms with Crippen LogP contribution in [0.15, 0.2) is 60.7 Å². The molecule has 0 saturated carbocycles. The quantitative estimate of drug-likeness (QED) is 0.764. The minimum Gasteiger partial charge on any atom is -0.497 e. The van der Waals surface area contributed by atoms with Crippen LogP contribution in [0.1, 0.15) is 12.0 Å². The van der Waals surface area contributed by atoms with E-state index < -0.39 is 0 Å². The van der Waals surface area contributed by atoms with Crippen LogP contribution in [0.5, 0.6) is 5.75 Å². The molecule has 0 spiro atoms. The van der Waals surface area contributed by atoms with Crippen LogP contribution in [0, 0.1) is 0 Å². The van der Waals surface area contributed by atoms with Gasteiger partial charge in [0, 0.05) is 51.4 Å². The molecule has 0 bridgehead atoms. The number of carbonyl (C=O) groups is 1. The van der Waals surface area contributed by atoms with Crippen LogP contribution >= 0.6 is 0 Å². The van der Waals surface area contributed by atoms with E-state index in [1.54, 1.807) is 7.11 Å². The van der Waals surface area contributed by atoms with Crippen LogP contribution in [0.2, 0.25) is 0 Å². The number of hydrogen-bond acceptors (Lipinski definition) is 4. The standard InChI is InChI=1S/C23H29N3O2/c1-28-22-11-9-21(10-12-22)24-23(27)13-15-26-18-16-25(17-19-26)14-5-8-20-6-3-2-4-7-20/h2-12H,13-19H2,1H3,(H,24,27)/b8-5-. The highest BCUT2D eigenvalue weighted by atomic mass is 16.5. The summed E-state index contributed by atoms with van der Waals surface area (Å²) in [5, 5.41) is 2.94. The Hall–Kier alpha value is -2.63. The summed E-state index contributed by atoms with van der Waals surface area (Å²) in [6.07, 6.45) is 4.92. The van der Waals surface area contributed by atoms with Crippen molar-refractivity contribution in [1.82, 2.24) is 9.80 Å². The van der Waals surface area contributed by atoms with Crippen LogP contribution in [-0.2, 0) is 4.79 Å². The second-order valence-corrected chi connectivity index (χ2v) is 6.98. The Morgan fingerprint density at radius 2 is 1.68 bits per heavy atom. The number of nitrogens with zero attached hydrogens (tertiary/aromatic N) is 2. The Bertz CT molecular complexity index is 751. The third-order valence-corrected chi connectivity index (χ3v) is 4.97. The molecule has 1 aliphatic rings. The third-order valence-electron chi connectivity index (χ3n) is 4.97. The average Bonchev–Trinajstić information content (AvgIpc) is 2.74. The van der Waals surface area contributed by atoms with Crippen molar-refractivity contribution in [2.24, 2.45) is 0 Å². The molecule has 1 amide bonds. The second-order valence-electron chi connectivity index (χ2n) is 6.98. The number of ether oxygens (including phenoxy) is 1. The first-order valence-electron chi connectivity index (χ1n) is 9.83. The topological polar surface area (TPSA) is 44.8 Å².